The lowest BCUT2D eigenvalue weighted by Gasteiger charge is -2.17. The van der Waals surface area contributed by atoms with Crippen LogP contribution in [0.5, 0.6) is 0 Å². The van der Waals surface area contributed by atoms with Gasteiger partial charge < -0.3 is 10.6 Å². The van der Waals surface area contributed by atoms with E-state index in [4.69, 9.17) is 4.98 Å². The van der Waals surface area contributed by atoms with Gasteiger partial charge in [0.05, 0.1) is 11.7 Å². The van der Waals surface area contributed by atoms with Gasteiger partial charge in [-0.2, -0.15) is 4.98 Å². The van der Waals surface area contributed by atoms with E-state index in [1.54, 1.807) is 0 Å². The molecule has 25 heavy (non-hydrogen) atoms. The number of hydrogen-bond donors (Lipinski definition) is 2. The van der Waals surface area contributed by atoms with Gasteiger partial charge in [-0.25, -0.2) is 4.98 Å². The zero-order valence-electron chi connectivity index (χ0n) is 14.9. The van der Waals surface area contributed by atoms with Crippen molar-refractivity contribution in [2.75, 3.05) is 10.6 Å². The maximum atomic E-state index is 4.71. The molecule has 0 bridgehead atoms. The Kier molecular flexibility index (Phi) is 5.29. The molecule has 1 aromatic heterocycles. The SMILES string of the molecule is CC(C)Nc1cc(-c2ccccc2)nc(NC(C)c2ccccc2)n1. The molecule has 4 heteroatoms. The predicted octanol–water partition coefficient (Wildman–Crippen LogP) is 5.14. The van der Waals surface area contributed by atoms with E-state index in [0.717, 1.165) is 17.1 Å². The molecule has 1 atom stereocenters. The van der Waals surface area contributed by atoms with Crippen LogP contribution in [0, 0.1) is 0 Å². The zero-order chi connectivity index (χ0) is 17.6. The highest BCUT2D eigenvalue weighted by Crippen LogP contribution is 2.24. The number of aromatic nitrogens is 2. The molecule has 0 aliphatic rings. The van der Waals surface area contributed by atoms with Crippen LogP contribution in [0.15, 0.2) is 66.7 Å². The maximum Gasteiger partial charge on any atom is 0.225 e. The Morgan fingerprint density at radius 3 is 2.04 bits per heavy atom. The van der Waals surface area contributed by atoms with Crippen LogP contribution in [0.4, 0.5) is 11.8 Å². The Balaban J connectivity index is 1.92. The van der Waals surface area contributed by atoms with Crippen molar-refractivity contribution in [1.82, 2.24) is 9.97 Å². The molecule has 128 valence electrons. The molecule has 2 N–H and O–H groups in total. The topological polar surface area (TPSA) is 49.8 Å². The van der Waals surface area contributed by atoms with E-state index < -0.39 is 0 Å². The minimum absolute atomic E-state index is 0.124. The number of hydrogen-bond acceptors (Lipinski definition) is 4. The molecule has 4 nitrogen and oxygen atoms in total. The number of nitrogens with one attached hydrogen (secondary N) is 2. The molecule has 0 aliphatic heterocycles. The van der Waals surface area contributed by atoms with Crippen LogP contribution >= 0.6 is 0 Å². The summed E-state index contributed by atoms with van der Waals surface area (Å²) in [5, 5.41) is 6.80. The minimum atomic E-state index is 0.124. The van der Waals surface area contributed by atoms with E-state index in [1.165, 1.54) is 5.56 Å². The zero-order valence-corrected chi connectivity index (χ0v) is 14.9. The highest BCUT2D eigenvalue weighted by molar-refractivity contribution is 5.64. The van der Waals surface area contributed by atoms with Crippen molar-refractivity contribution in [3.8, 4) is 11.3 Å². The molecule has 0 radical (unpaired) electrons. The van der Waals surface area contributed by atoms with Crippen molar-refractivity contribution in [3.05, 3.63) is 72.3 Å². The number of rotatable bonds is 6. The molecule has 3 rings (SSSR count). The average molecular weight is 332 g/mol. The van der Waals surface area contributed by atoms with E-state index in [0.29, 0.717) is 12.0 Å². The third-order valence-corrected chi connectivity index (χ3v) is 3.88. The Labute approximate surface area is 149 Å². The quantitative estimate of drug-likeness (QED) is 0.656. The van der Waals surface area contributed by atoms with Gasteiger partial charge >= 0.3 is 0 Å². The molecular weight excluding hydrogens is 308 g/mol. The summed E-state index contributed by atoms with van der Waals surface area (Å²) in [4.78, 5) is 9.35. The van der Waals surface area contributed by atoms with Crippen LogP contribution in [0.2, 0.25) is 0 Å². The van der Waals surface area contributed by atoms with Gasteiger partial charge in [-0.05, 0) is 26.3 Å². The van der Waals surface area contributed by atoms with Gasteiger partial charge in [-0.1, -0.05) is 60.7 Å². The van der Waals surface area contributed by atoms with Crippen LogP contribution < -0.4 is 10.6 Å². The van der Waals surface area contributed by atoms with Crippen LogP contribution in [0.3, 0.4) is 0 Å². The summed E-state index contributed by atoms with van der Waals surface area (Å²) < 4.78 is 0. The first-order chi connectivity index (χ1) is 12.1. The van der Waals surface area contributed by atoms with Crippen LogP contribution in [0.25, 0.3) is 11.3 Å². The Hall–Kier alpha value is -2.88. The summed E-state index contributed by atoms with van der Waals surface area (Å²) in [6, 6.07) is 22.9. The summed E-state index contributed by atoms with van der Waals surface area (Å²) in [6.07, 6.45) is 0. The number of benzene rings is 2. The highest BCUT2D eigenvalue weighted by Gasteiger charge is 2.11. The molecule has 0 amide bonds. The van der Waals surface area contributed by atoms with Gasteiger partial charge in [-0.3, -0.25) is 0 Å². The fourth-order valence-electron chi connectivity index (χ4n) is 2.66. The molecular formula is C21H24N4. The van der Waals surface area contributed by atoms with Crippen molar-refractivity contribution in [3.63, 3.8) is 0 Å². The predicted molar refractivity (Wildman–Crippen MR) is 105 cm³/mol. The average Bonchev–Trinajstić information content (AvgIpc) is 2.62. The summed E-state index contributed by atoms with van der Waals surface area (Å²) in [5.74, 6) is 1.45. The van der Waals surface area contributed by atoms with E-state index in [9.17, 15) is 0 Å². The molecule has 0 saturated heterocycles. The minimum Gasteiger partial charge on any atom is -0.368 e. The van der Waals surface area contributed by atoms with Gasteiger partial charge in [0, 0.05) is 17.7 Å². The van der Waals surface area contributed by atoms with Crippen molar-refractivity contribution in [2.45, 2.75) is 32.9 Å². The highest BCUT2D eigenvalue weighted by atomic mass is 15.2. The molecule has 1 unspecified atom stereocenters. The van der Waals surface area contributed by atoms with Gasteiger partial charge in [0.2, 0.25) is 5.95 Å². The lowest BCUT2D eigenvalue weighted by atomic mass is 10.1. The molecule has 0 aliphatic carbocycles. The fourth-order valence-corrected chi connectivity index (χ4v) is 2.66. The molecule has 1 heterocycles. The van der Waals surface area contributed by atoms with Crippen LogP contribution in [-0.4, -0.2) is 16.0 Å². The van der Waals surface area contributed by atoms with Crippen LogP contribution in [-0.2, 0) is 0 Å². The fraction of sp³-hybridized carbons (Fsp3) is 0.238. The molecule has 2 aromatic carbocycles. The molecule has 0 spiro atoms. The monoisotopic (exact) mass is 332 g/mol. The summed E-state index contributed by atoms with van der Waals surface area (Å²) in [6.45, 7) is 6.32. The van der Waals surface area contributed by atoms with E-state index in [2.05, 4.69) is 60.7 Å². The van der Waals surface area contributed by atoms with Gasteiger partial charge in [0.1, 0.15) is 5.82 Å². The van der Waals surface area contributed by atoms with E-state index >= 15 is 0 Å². The molecule has 0 saturated carbocycles. The summed E-state index contributed by atoms with van der Waals surface area (Å²) in [7, 11) is 0. The molecule has 0 fully saturated rings. The normalized spacial score (nSPS) is 12.0. The largest absolute Gasteiger partial charge is 0.368 e. The van der Waals surface area contributed by atoms with Crippen molar-refractivity contribution >= 4 is 11.8 Å². The number of anilines is 2. The third-order valence-electron chi connectivity index (χ3n) is 3.88. The summed E-state index contributed by atoms with van der Waals surface area (Å²) >= 11 is 0. The Morgan fingerprint density at radius 1 is 0.760 bits per heavy atom. The van der Waals surface area contributed by atoms with E-state index in [1.807, 2.05) is 42.5 Å². The number of nitrogens with zero attached hydrogens (tertiary/aromatic N) is 2. The lowest BCUT2D eigenvalue weighted by Crippen LogP contribution is -2.14. The standard InChI is InChI=1S/C21H24N4/c1-15(2)22-20-14-19(18-12-8-5-9-13-18)24-21(25-20)23-16(3)17-10-6-4-7-11-17/h4-16H,1-3H3,(H2,22,23,24,25). The van der Waals surface area contributed by atoms with Gasteiger partial charge in [-0.15, -0.1) is 0 Å². The Bertz CT molecular complexity index is 801. The van der Waals surface area contributed by atoms with Gasteiger partial charge in [0.25, 0.3) is 0 Å². The first-order valence-corrected chi connectivity index (χ1v) is 8.64. The van der Waals surface area contributed by atoms with Crippen molar-refractivity contribution < 1.29 is 0 Å². The first-order valence-electron chi connectivity index (χ1n) is 8.64. The maximum absolute atomic E-state index is 4.71. The third kappa shape index (κ3) is 4.57. The summed E-state index contributed by atoms with van der Waals surface area (Å²) in [5.41, 5.74) is 3.18. The second kappa shape index (κ2) is 7.79. The van der Waals surface area contributed by atoms with Crippen molar-refractivity contribution in [2.24, 2.45) is 0 Å². The second-order valence-electron chi connectivity index (χ2n) is 6.40. The Morgan fingerprint density at radius 2 is 1.40 bits per heavy atom. The first kappa shape index (κ1) is 17.0. The lowest BCUT2D eigenvalue weighted by molar-refractivity contribution is 0.853. The smallest absolute Gasteiger partial charge is 0.225 e. The van der Waals surface area contributed by atoms with E-state index in [-0.39, 0.29) is 6.04 Å². The van der Waals surface area contributed by atoms with Crippen molar-refractivity contribution in [1.29, 1.82) is 0 Å². The second-order valence-corrected chi connectivity index (χ2v) is 6.40. The van der Waals surface area contributed by atoms with Gasteiger partial charge in [0.15, 0.2) is 0 Å². The molecule has 3 aromatic rings. The van der Waals surface area contributed by atoms with Crippen LogP contribution in [0.1, 0.15) is 32.4 Å².